The molecule has 0 aromatic carbocycles. The van der Waals surface area contributed by atoms with Gasteiger partial charge in [0.15, 0.2) is 0 Å². The summed E-state index contributed by atoms with van der Waals surface area (Å²) in [7, 11) is 0. The summed E-state index contributed by atoms with van der Waals surface area (Å²) in [5.74, 6) is -0.248. The molecule has 0 fully saturated rings. The summed E-state index contributed by atoms with van der Waals surface area (Å²) in [6.45, 7) is 3.10. The molecule has 0 aromatic heterocycles. The lowest BCUT2D eigenvalue weighted by Crippen LogP contribution is -2.08. The molecular weight excluding hydrogens is 220 g/mol. The van der Waals surface area contributed by atoms with Crippen molar-refractivity contribution in [1.29, 1.82) is 0 Å². The summed E-state index contributed by atoms with van der Waals surface area (Å²) in [5.41, 5.74) is 0. The Morgan fingerprint density at radius 3 is 2.12 bits per heavy atom. The number of aliphatic hydroxyl groups excluding tert-OH is 1. The van der Waals surface area contributed by atoms with E-state index in [-0.39, 0.29) is 42.7 Å². The monoisotopic (exact) mass is 242 g/mol. The third kappa shape index (κ3) is 11.2. The van der Waals surface area contributed by atoms with Crippen LogP contribution in [0.25, 0.3) is 0 Å². The first-order valence-electron chi connectivity index (χ1n) is 6.12. The van der Waals surface area contributed by atoms with Gasteiger partial charge in [-0.1, -0.05) is 6.42 Å². The highest BCUT2D eigenvalue weighted by atomic mass is 16.3. The highest BCUT2D eigenvalue weighted by molar-refractivity contribution is 5.99. The van der Waals surface area contributed by atoms with Crippen molar-refractivity contribution >= 4 is 17.3 Å². The summed E-state index contributed by atoms with van der Waals surface area (Å²) in [5, 5.41) is 9.02. The normalized spacial score (nSPS) is 12.2. The summed E-state index contributed by atoms with van der Waals surface area (Å²) >= 11 is 0. The Balaban J connectivity index is 3.53. The molecule has 0 heterocycles. The van der Waals surface area contributed by atoms with E-state index < -0.39 is 0 Å². The average Bonchev–Trinajstić information content (AvgIpc) is 2.20. The second-order valence-corrected chi connectivity index (χ2v) is 4.55. The molecule has 0 aromatic rings. The van der Waals surface area contributed by atoms with Crippen LogP contribution in [0.4, 0.5) is 0 Å². The van der Waals surface area contributed by atoms with E-state index in [1.165, 1.54) is 6.92 Å². The fraction of sp³-hybridized carbons (Fsp3) is 0.769. The summed E-state index contributed by atoms with van der Waals surface area (Å²) in [4.78, 5) is 33.2. The topological polar surface area (TPSA) is 71.4 Å². The average molecular weight is 242 g/mol. The summed E-state index contributed by atoms with van der Waals surface area (Å²) < 4.78 is 0. The van der Waals surface area contributed by atoms with Gasteiger partial charge in [0.25, 0.3) is 0 Å². The second kappa shape index (κ2) is 9.05. The van der Waals surface area contributed by atoms with E-state index in [4.69, 9.17) is 5.11 Å². The number of carbonyl (C=O) groups is 3. The third-order valence-electron chi connectivity index (χ3n) is 2.46. The molecule has 0 saturated heterocycles. The maximum atomic E-state index is 11.4. The van der Waals surface area contributed by atoms with Crippen molar-refractivity contribution in [3.8, 4) is 0 Å². The first-order valence-corrected chi connectivity index (χ1v) is 6.12. The standard InChI is InChI=1S/C13H22O4/c1-10(14)5-3-4-6-12(16)7-8-13(17)9-11(2)15/h10,14H,3-9H2,1-2H3. The number of aliphatic hydroxyl groups is 1. The van der Waals surface area contributed by atoms with Gasteiger partial charge in [-0.2, -0.15) is 0 Å². The van der Waals surface area contributed by atoms with Crippen LogP contribution in [-0.4, -0.2) is 28.6 Å². The van der Waals surface area contributed by atoms with Crippen molar-refractivity contribution in [2.45, 2.75) is 64.9 Å². The summed E-state index contributed by atoms with van der Waals surface area (Å²) in [6, 6.07) is 0. The number of carbonyl (C=O) groups excluding carboxylic acids is 3. The fourth-order valence-corrected chi connectivity index (χ4v) is 1.53. The number of unbranched alkanes of at least 4 members (excludes halogenated alkanes) is 1. The van der Waals surface area contributed by atoms with E-state index in [1.807, 2.05) is 0 Å². The zero-order valence-corrected chi connectivity index (χ0v) is 10.7. The molecule has 17 heavy (non-hydrogen) atoms. The molecule has 0 aliphatic carbocycles. The second-order valence-electron chi connectivity index (χ2n) is 4.55. The van der Waals surface area contributed by atoms with Gasteiger partial charge in [0.05, 0.1) is 12.5 Å². The van der Waals surface area contributed by atoms with E-state index in [9.17, 15) is 14.4 Å². The molecule has 1 N–H and O–H groups in total. The lowest BCUT2D eigenvalue weighted by molar-refractivity contribution is -0.128. The van der Waals surface area contributed by atoms with Crippen LogP contribution in [0.5, 0.6) is 0 Å². The van der Waals surface area contributed by atoms with E-state index in [0.29, 0.717) is 12.8 Å². The van der Waals surface area contributed by atoms with Gasteiger partial charge in [0, 0.05) is 19.3 Å². The van der Waals surface area contributed by atoms with Gasteiger partial charge in [0.2, 0.25) is 0 Å². The van der Waals surface area contributed by atoms with Crippen molar-refractivity contribution in [3.63, 3.8) is 0 Å². The van der Waals surface area contributed by atoms with Crippen LogP contribution in [-0.2, 0) is 14.4 Å². The molecule has 0 radical (unpaired) electrons. The van der Waals surface area contributed by atoms with Crippen molar-refractivity contribution in [2.75, 3.05) is 0 Å². The maximum absolute atomic E-state index is 11.4. The van der Waals surface area contributed by atoms with E-state index in [0.717, 1.165) is 12.8 Å². The zero-order chi connectivity index (χ0) is 13.3. The number of Topliss-reactive ketones (excluding diaryl/α,β-unsaturated/α-hetero) is 3. The number of hydrogen-bond donors (Lipinski definition) is 1. The fourth-order valence-electron chi connectivity index (χ4n) is 1.53. The molecule has 1 atom stereocenters. The molecule has 4 heteroatoms. The van der Waals surface area contributed by atoms with E-state index in [2.05, 4.69) is 0 Å². The molecule has 0 aliphatic heterocycles. The Morgan fingerprint density at radius 2 is 1.59 bits per heavy atom. The van der Waals surface area contributed by atoms with Crippen LogP contribution in [0.2, 0.25) is 0 Å². The Hall–Kier alpha value is -1.03. The van der Waals surface area contributed by atoms with Gasteiger partial charge in [0.1, 0.15) is 17.3 Å². The Kier molecular flexibility index (Phi) is 8.50. The highest BCUT2D eigenvalue weighted by Gasteiger charge is 2.09. The first-order chi connectivity index (χ1) is 7.91. The predicted molar refractivity (Wildman–Crippen MR) is 64.7 cm³/mol. The molecule has 1 unspecified atom stereocenters. The lowest BCUT2D eigenvalue weighted by atomic mass is 10.0. The predicted octanol–water partition coefficient (Wildman–Crippen LogP) is 1.83. The molecular formula is C13H22O4. The zero-order valence-electron chi connectivity index (χ0n) is 10.7. The van der Waals surface area contributed by atoms with Crippen LogP contribution in [0, 0.1) is 0 Å². The largest absolute Gasteiger partial charge is 0.393 e. The van der Waals surface area contributed by atoms with E-state index in [1.54, 1.807) is 6.92 Å². The van der Waals surface area contributed by atoms with Gasteiger partial charge in [-0.3, -0.25) is 14.4 Å². The smallest absolute Gasteiger partial charge is 0.140 e. The molecule has 0 amide bonds. The Labute approximate surface area is 102 Å². The van der Waals surface area contributed by atoms with Crippen LogP contribution in [0.3, 0.4) is 0 Å². The number of ketones is 3. The van der Waals surface area contributed by atoms with Crippen LogP contribution in [0.1, 0.15) is 58.8 Å². The minimum Gasteiger partial charge on any atom is -0.393 e. The van der Waals surface area contributed by atoms with Gasteiger partial charge < -0.3 is 5.11 Å². The van der Waals surface area contributed by atoms with Crippen molar-refractivity contribution in [1.82, 2.24) is 0 Å². The molecule has 98 valence electrons. The highest BCUT2D eigenvalue weighted by Crippen LogP contribution is 2.07. The first kappa shape index (κ1) is 16.0. The summed E-state index contributed by atoms with van der Waals surface area (Å²) in [6.07, 6.45) is 2.78. The van der Waals surface area contributed by atoms with Gasteiger partial charge in [-0.25, -0.2) is 0 Å². The molecule has 0 spiro atoms. The molecule has 0 saturated carbocycles. The Morgan fingerprint density at radius 1 is 1.00 bits per heavy atom. The van der Waals surface area contributed by atoms with Crippen LogP contribution >= 0.6 is 0 Å². The molecule has 0 rings (SSSR count). The Bertz CT molecular complexity index is 269. The van der Waals surface area contributed by atoms with Gasteiger partial charge in [-0.15, -0.1) is 0 Å². The maximum Gasteiger partial charge on any atom is 0.140 e. The number of rotatable bonds is 10. The quantitative estimate of drug-likeness (QED) is 0.468. The van der Waals surface area contributed by atoms with Gasteiger partial charge in [-0.05, 0) is 26.7 Å². The molecule has 4 nitrogen and oxygen atoms in total. The van der Waals surface area contributed by atoms with Crippen molar-refractivity contribution < 1.29 is 19.5 Å². The SMILES string of the molecule is CC(=O)CC(=O)CCC(=O)CCCCC(C)O. The third-order valence-corrected chi connectivity index (χ3v) is 2.46. The van der Waals surface area contributed by atoms with Crippen molar-refractivity contribution in [2.24, 2.45) is 0 Å². The molecule has 0 bridgehead atoms. The van der Waals surface area contributed by atoms with Crippen LogP contribution in [0.15, 0.2) is 0 Å². The molecule has 0 aliphatic rings. The van der Waals surface area contributed by atoms with E-state index >= 15 is 0 Å². The minimum atomic E-state index is -0.317. The van der Waals surface area contributed by atoms with Crippen LogP contribution < -0.4 is 0 Å². The number of hydrogen-bond acceptors (Lipinski definition) is 4. The minimum absolute atomic E-state index is 0.0602. The van der Waals surface area contributed by atoms with Crippen molar-refractivity contribution in [3.05, 3.63) is 0 Å². The van der Waals surface area contributed by atoms with Gasteiger partial charge >= 0.3 is 0 Å². The lowest BCUT2D eigenvalue weighted by Gasteiger charge is -2.03.